The van der Waals surface area contributed by atoms with E-state index in [4.69, 9.17) is 9.15 Å². The highest BCUT2D eigenvalue weighted by atomic mass is 16.5. The predicted octanol–water partition coefficient (Wildman–Crippen LogP) is 2.08. The largest absolute Gasteiger partial charge is 0.494 e. The standard InChI is InChI=1S/C11H12O3/c1-11(7-9(12)4-6-14-11)8-10-3-2-5-13-10/h2-6H,7-8H2,1H3. The molecule has 0 radical (unpaired) electrons. The number of ether oxygens (including phenoxy) is 1. The summed E-state index contributed by atoms with van der Waals surface area (Å²) >= 11 is 0. The van der Waals surface area contributed by atoms with Crippen molar-refractivity contribution >= 4 is 5.78 Å². The summed E-state index contributed by atoms with van der Waals surface area (Å²) in [6.07, 6.45) is 5.58. The Bertz CT molecular complexity index is 351. The first-order valence-electron chi connectivity index (χ1n) is 4.58. The van der Waals surface area contributed by atoms with E-state index in [0.29, 0.717) is 12.8 Å². The summed E-state index contributed by atoms with van der Waals surface area (Å²) < 4.78 is 10.7. The Kier molecular flexibility index (Phi) is 2.15. The van der Waals surface area contributed by atoms with Gasteiger partial charge in [-0.05, 0) is 19.1 Å². The second-order valence-electron chi connectivity index (χ2n) is 3.77. The maximum absolute atomic E-state index is 11.2. The SMILES string of the molecule is CC1(Cc2ccco2)CC(=O)C=CO1. The Morgan fingerprint density at radius 2 is 2.43 bits per heavy atom. The molecule has 1 unspecified atom stereocenters. The molecule has 0 saturated heterocycles. The summed E-state index contributed by atoms with van der Waals surface area (Å²) in [6, 6.07) is 3.72. The molecule has 3 heteroatoms. The van der Waals surface area contributed by atoms with Crippen LogP contribution in [0.15, 0.2) is 35.2 Å². The number of hydrogen-bond acceptors (Lipinski definition) is 3. The first-order chi connectivity index (χ1) is 6.68. The number of allylic oxidation sites excluding steroid dienone is 1. The van der Waals surface area contributed by atoms with E-state index in [1.165, 1.54) is 12.3 Å². The molecule has 0 N–H and O–H groups in total. The van der Waals surface area contributed by atoms with Gasteiger partial charge < -0.3 is 9.15 Å². The number of rotatable bonds is 2. The Morgan fingerprint density at radius 3 is 3.07 bits per heavy atom. The Labute approximate surface area is 82.4 Å². The molecule has 0 saturated carbocycles. The number of hydrogen-bond donors (Lipinski definition) is 0. The van der Waals surface area contributed by atoms with E-state index < -0.39 is 5.60 Å². The minimum absolute atomic E-state index is 0.102. The molecular formula is C11H12O3. The molecule has 1 aliphatic heterocycles. The number of carbonyl (C=O) groups is 1. The highest BCUT2D eigenvalue weighted by Gasteiger charge is 2.31. The van der Waals surface area contributed by atoms with Crippen LogP contribution in [0.4, 0.5) is 0 Å². The van der Waals surface area contributed by atoms with Crippen LogP contribution in [0.25, 0.3) is 0 Å². The van der Waals surface area contributed by atoms with Crippen LogP contribution in [0.2, 0.25) is 0 Å². The maximum Gasteiger partial charge on any atom is 0.162 e. The van der Waals surface area contributed by atoms with E-state index in [-0.39, 0.29) is 5.78 Å². The van der Waals surface area contributed by atoms with Crippen LogP contribution in [0, 0.1) is 0 Å². The topological polar surface area (TPSA) is 39.4 Å². The van der Waals surface area contributed by atoms with Crippen molar-refractivity contribution in [1.29, 1.82) is 0 Å². The molecule has 14 heavy (non-hydrogen) atoms. The highest BCUT2D eigenvalue weighted by molar-refractivity contribution is 5.90. The number of furan rings is 1. The van der Waals surface area contributed by atoms with Crippen LogP contribution in [0.5, 0.6) is 0 Å². The lowest BCUT2D eigenvalue weighted by atomic mass is 9.92. The van der Waals surface area contributed by atoms with E-state index >= 15 is 0 Å². The molecule has 0 fully saturated rings. The van der Waals surface area contributed by atoms with Gasteiger partial charge in [-0.25, -0.2) is 0 Å². The van der Waals surface area contributed by atoms with Gasteiger partial charge in [0, 0.05) is 12.5 Å². The Balaban J connectivity index is 2.10. The minimum atomic E-state index is -0.455. The minimum Gasteiger partial charge on any atom is -0.494 e. The molecule has 0 bridgehead atoms. The summed E-state index contributed by atoms with van der Waals surface area (Å²) in [4.78, 5) is 11.2. The van der Waals surface area contributed by atoms with Gasteiger partial charge in [-0.15, -0.1) is 0 Å². The molecule has 2 rings (SSSR count). The van der Waals surface area contributed by atoms with E-state index in [9.17, 15) is 4.79 Å². The van der Waals surface area contributed by atoms with Crippen LogP contribution in [-0.2, 0) is 16.0 Å². The zero-order valence-corrected chi connectivity index (χ0v) is 8.03. The highest BCUT2D eigenvalue weighted by Crippen LogP contribution is 2.25. The normalized spacial score (nSPS) is 26.2. The van der Waals surface area contributed by atoms with Crippen molar-refractivity contribution in [3.63, 3.8) is 0 Å². The van der Waals surface area contributed by atoms with Crippen molar-refractivity contribution in [2.75, 3.05) is 0 Å². The van der Waals surface area contributed by atoms with Crippen LogP contribution in [-0.4, -0.2) is 11.4 Å². The summed E-state index contributed by atoms with van der Waals surface area (Å²) in [5.74, 6) is 0.945. The van der Waals surface area contributed by atoms with E-state index in [2.05, 4.69) is 0 Å². The Hall–Kier alpha value is -1.51. The molecule has 0 aliphatic carbocycles. The summed E-state index contributed by atoms with van der Waals surface area (Å²) in [7, 11) is 0. The van der Waals surface area contributed by atoms with Gasteiger partial charge in [0.15, 0.2) is 5.78 Å². The van der Waals surface area contributed by atoms with Gasteiger partial charge in [0.1, 0.15) is 11.4 Å². The zero-order chi connectivity index (χ0) is 10.0. The monoisotopic (exact) mass is 192 g/mol. The van der Waals surface area contributed by atoms with Crippen LogP contribution in [0.3, 0.4) is 0 Å². The molecule has 1 aromatic heterocycles. The lowest BCUT2D eigenvalue weighted by Gasteiger charge is -2.29. The lowest BCUT2D eigenvalue weighted by molar-refractivity contribution is -0.121. The van der Waals surface area contributed by atoms with Crippen LogP contribution >= 0.6 is 0 Å². The third-order valence-corrected chi connectivity index (χ3v) is 2.28. The van der Waals surface area contributed by atoms with Crippen molar-refractivity contribution in [2.24, 2.45) is 0 Å². The van der Waals surface area contributed by atoms with Crippen LogP contribution < -0.4 is 0 Å². The van der Waals surface area contributed by atoms with Gasteiger partial charge in [0.2, 0.25) is 0 Å². The van der Waals surface area contributed by atoms with E-state index in [1.807, 2.05) is 19.1 Å². The van der Waals surface area contributed by atoms with Gasteiger partial charge in [0.25, 0.3) is 0 Å². The third kappa shape index (κ3) is 1.87. The molecule has 0 spiro atoms. The lowest BCUT2D eigenvalue weighted by Crippen LogP contribution is -2.34. The second-order valence-corrected chi connectivity index (χ2v) is 3.77. The molecule has 1 aliphatic rings. The number of carbonyl (C=O) groups excluding carboxylic acids is 1. The smallest absolute Gasteiger partial charge is 0.162 e. The van der Waals surface area contributed by atoms with Crippen molar-refractivity contribution in [3.05, 3.63) is 36.5 Å². The fourth-order valence-electron chi connectivity index (χ4n) is 1.63. The quantitative estimate of drug-likeness (QED) is 0.720. The van der Waals surface area contributed by atoms with Gasteiger partial charge >= 0.3 is 0 Å². The molecule has 74 valence electrons. The van der Waals surface area contributed by atoms with Crippen molar-refractivity contribution in [1.82, 2.24) is 0 Å². The first kappa shape index (κ1) is 9.06. The van der Waals surface area contributed by atoms with Crippen molar-refractivity contribution in [2.45, 2.75) is 25.4 Å². The molecule has 1 atom stereocenters. The third-order valence-electron chi connectivity index (χ3n) is 2.28. The number of ketones is 1. The molecule has 2 heterocycles. The second kappa shape index (κ2) is 3.33. The van der Waals surface area contributed by atoms with Crippen LogP contribution in [0.1, 0.15) is 19.1 Å². The molecule has 0 aromatic carbocycles. The average Bonchev–Trinajstić information content (AvgIpc) is 2.55. The van der Waals surface area contributed by atoms with Gasteiger partial charge in [-0.1, -0.05) is 0 Å². The fraction of sp³-hybridized carbons (Fsp3) is 0.364. The van der Waals surface area contributed by atoms with Gasteiger partial charge in [-0.2, -0.15) is 0 Å². The fourth-order valence-corrected chi connectivity index (χ4v) is 1.63. The summed E-state index contributed by atoms with van der Waals surface area (Å²) in [6.45, 7) is 1.91. The average molecular weight is 192 g/mol. The van der Waals surface area contributed by atoms with E-state index in [0.717, 1.165) is 5.76 Å². The van der Waals surface area contributed by atoms with Crippen molar-refractivity contribution < 1.29 is 13.9 Å². The first-order valence-corrected chi connectivity index (χ1v) is 4.58. The van der Waals surface area contributed by atoms with Crippen molar-refractivity contribution in [3.8, 4) is 0 Å². The molecular weight excluding hydrogens is 180 g/mol. The maximum atomic E-state index is 11.2. The van der Waals surface area contributed by atoms with E-state index in [1.54, 1.807) is 6.26 Å². The molecule has 1 aromatic rings. The summed E-state index contributed by atoms with van der Waals surface area (Å²) in [5, 5.41) is 0. The van der Waals surface area contributed by atoms with Gasteiger partial charge in [-0.3, -0.25) is 4.79 Å². The summed E-state index contributed by atoms with van der Waals surface area (Å²) in [5.41, 5.74) is -0.455. The van der Waals surface area contributed by atoms with Gasteiger partial charge in [0.05, 0.1) is 18.9 Å². The zero-order valence-electron chi connectivity index (χ0n) is 8.03. The Morgan fingerprint density at radius 1 is 1.57 bits per heavy atom. The predicted molar refractivity (Wildman–Crippen MR) is 50.7 cm³/mol. The molecule has 0 amide bonds. The molecule has 3 nitrogen and oxygen atoms in total.